The Bertz CT molecular complexity index is 403. The Morgan fingerprint density at radius 1 is 1.37 bits per heavy atom. The maximum atomic E-state index is 11.5. The summed E-state index contributed by atoms with van der Waals surface area (Å²) in [5, 5.41) is 11.2. The molecule has 0 aliphatic rings. The van der Waals surface area contributed by atoms with Gasteiger partial charge >= 0.3 is 0 Å². The van der Waals surface area contributed by atoms with Crippen molar-refractivity contribution in [1.82, 2.24) is 5.32 Å². The van der Waals surface area contributed by atoms with Gasteiger partial charge in [-0.3, -0.25) is 4.79 Å². The molecular formula is C13H20N2O2S2. The SMILES string of the molecule is C=C(/C=C(\C)C(=O)NCCO)SC(=C)SC(=C)CN. The van der Waals surface area contributed by atoms with E-state index < -0.39 is 0 Å². The smallest absolute Gasteiger partial charge is 0.247 e. The van der Waals surface area contributed by atoms with Crippen LogP contribution in [0.25, 0.3) is 0 Å². The van der Waals surface area contributed by atoms with Crippen LogP contribution >= 0.6 is 23.5 Å². The fourth-order valence-electron chi connectivity index (χ4n) is 1.02. The highest BCUT2D eigenvalue weighted by Gasteiger charge is 2.05. The van der Waals surface area contributed by atoms with E-state index in [1.807, 2.05) is 0 Å². The Morgan fingerprint density at radius 2 is 2.00 bits per heavy atom. The summed E-state index contributed by atoms with van der Waals surface area (Å²) in [6.45, 7) is 13.7. The maximum absolute atomic E-state index is 11.5. The van der Waals surface area contributed by atoms with Crippen LogP contribution < -0.4 is 11.1 Å². The molecule has 106 valence electrons. The lowest BCUT2D eigenvalue weighted by atomic mass is 10.2. The van der Waals surface area contributed by atoms with Crippen LogP contribution in [0.4, 0.5) is 0 Å². The quantitative estimate of drug-likeness (QED) is 0.448. The molecule has 0 aliphatic carbocycles. The molecule has 1 amide bonds. The standard InChI is InChI=1S/C13H20N2O2S2/c1-9(13(17)15-5-6-16)7-10(2)18-12(4)19-11(3)8-14/h7,16H,2-6,8,14H2,1H3,(H,15,17)/b9-7+. The Balaban J connectivity index is 4.31. The number of amides is 1. The number of rotatable bonds is 9. The molecule has 0 rings (SSSR count). The first-order valence-electron chi connectivity index (χ1n) is 5.59. The zero-order valence-corrected chi connectivity index (χ0v) is 12.7. The van der Waals surface area contributed by atoms with E-state index in [2.05, 4.69) is 25.1 Å². The lowest BCUT2D eigenvalue weighted by molar-refractivity contribution is -0.117. The van der Waals surface area contributed by atoms with Crippen LogP contribution in [0.2, 0.25) is 0 Å². The van der Waals surface area contributed by atoms with E-state index in [-0.39, 0.29) is 19.1 Å². The van der Waals surface area contributed by atoms with Gasteiger partial charge in [-0.2, -0.15) is 0 Å². The molecule has 0 radical (unpaired) electrons. The molecule has 19 heavy (non-hydrogen) atoms. The molecule has 0 aromatic heterocycles. The molecular weight excluding hydrogens is 280 g/mol. The number of allylic oxidation sites excluding steroid dienone is 1. The molecule has 0 unspecified atom stereocenters. The number of carbonyl (C=O) groups is 1. The lowest BCUT2D eigenvalue weighted by Crippen LogP contribution is -2.26. The van der Waals surface area contributed by atoms with Crippen LogP contribution in [0.1, 0.15) is 6.92 Å². The molecule has 0 atom stereocenters. The van der Waals surface area contributed by atoms with E-state index in [4.69, 9.17) is 10.8 Å². The van der Waals surface area contributed by atoms with Crippen molar-refractivity contribution in [2.75, 3.05) is 19.7 Å². The fourth-order valence-corrected chi connectivity index (χ4v) is 2.79. The summed E-state index contributed by atoms with van der Waals surface area (Å²) in [6, 6.07) is 0. The average Bonchev–Trinajstić information content (AvgIpc) is 2.34. The minimum Gasteiger partial charge on any atom is -0.395 e. The summed E-state index contributed by atoms with van der Waals surface area (Å²) in [7, 11) is 0. The monoisotopic (exact) mass is 300 g/mol. The highest BCUT2D eigenvalue weighted by Crippen LogP contribution is 2.36. The molecule has 0 aromatic rings. The number of carbonyl (C=O) groups excluding carboxylic acids is 1. The highest BCUT2D eigenvalue weighted by atomic mass is 32.2. The predicted molar refractivity (Wildman–Crippen MR) is 85.5 cm³/mol. The third kappa shape index (κ3) is 8.72. The van der Waals surface area contributed by atoms with E-state index in [1.165, 1.54) is 23.5 Å². The second-order valence-electron chi connectivity index (χ2n) is 3.59. The molecule has 0 saturated heterocycles. The van der Waals surface area contributed by atoms with Gasteiger partial charge in [0.2, 0.25) is 5.91 Å². The molecule has 4 N–H and O–H groups in total. The van der Waals surface area contributed by atoms with Gasteiger partial charge in [-0.1, -0.05) is 43.3 Å². The third-order valence-corrected chi connectivity index (χ3v) is 3.65. The summed E-state index contributed by atoms with van der Waals surface area (Å²) in [4.78, 5) is 13.1. The Morgan fingerprint density at radius 3 is 2.53 bits per heavy atom. The Labute approximate surface area is 122 Å². The van der Waals surface area contributed by atoms with Gasteiger partial charge in [0.25, 0.3) is 0 Å². The van der Waals surface area contributed by atoms with E-state index in [0.717, 1.165) is 9.14 Å². The second kappa shape index (κ2) is 9.91. The molecule has 0 fully saturated rings. The zero-order chi connectivity index (χ0) is 14.8. The second-order valence-corrected chi connectivity index (χ2v) is 6.35. The topological polar surface area (TPSA) is 75.3 Å². The number of aliphatic hydroxyl groups is 1. The van der Waals surface area contributed by atoms with Gasteiger partial charge < -0.3 is 16.2 Å². The van der Waals surface area contributed by atoms with Crippen LogP contribution in [0.15, 0.2) is 45.4 Å². The number of nitrogens with one attached hydrogen (secondary N) is 1. The van der Waals surface area contributed by atoms with Crippen molar-refractivity contribution in [3.8, 4) is 0 Å². The van der Waals surface area contributed by atoms with Crippen LogP contribution in [0.5, 0.6) is 0 Å². The minimum atomic E-state index is -0.222. The maximum Gasteiger partial charge on any atom is 0.247 e. The number of hydrogen-bond donors (Lipinski definition) is 3. The van der Waals surface area contributed by atoms with Crippen LogP contribution in [0, 0.1) is 0 Å². The summed E-state index contributed by atoms with van der Waals surface area (Å²) >= 11 is 2.77. The molecule has 0 spiro atoms. The fraction of sp³-hybridized carbons (Fsp3) is 0.308. The van der Waals surface area contributed by atoms with Gasteiger partial charge in [-0.15, -0.1) is 0 Å². The van der Waals surface area contributed by atoms with Crippen molar-refractivity contribution >= 4 is 29.4 Å². The van der Waals surface area contributed by atoms with Gasteiger partial charge in [0.1, 0.15) is 0 Å². The van der Waals surface area contributed by atoms with Gasteiger partial charge in [-0.25, -0.2) is 0 Å². The predicted octanol–water partition coefficient (Wildman–Crippen LogP) is 1.96. The van der Waals surface area contributed by atoms with Gasteiger partial charge in [0.05, 0.1) is 6.61 Å². The molecule has 0 heterocycles. The number of nitrogens with two attached hydrogens (primary N) is 1. The lowest BCUT2D eigenvalue weighted by Gasteiger charge is -2.07. The number of thioether (sulfide) groups is 2. The molecule has 6 heteroatoms. The van der Waals surface area contributed by atoms with E-state index in [1.54, 1.807) is 13.0 Å². The number of aliphatic hydroxyl groups excluding tert-OH is 1. The molecule has 0 aromatic carbocycles. The van der Waals surface area contributed by atoms with Crippen molar-refractivity contribution in [1.29, 1.82) is 0 Å². The minimum absolute atomic E-state index is 0.0800. The first-order chi connectivity index (χ1) is 8.90. The van der Waals surface area contributed by atoms with Crippen LogP contribution in [-0.4, -0.2) is 30.7 Å². The van der Waals surface area contributed by atoms with Crippen molar-refractivity contribution in [3.63, 3.8) is 0 Å². The van der Waals surface area contributed by atoms with Crippen molar-refractivity contribution in [2.45, 2.75) is 6.92 Å². The molecule has 0 bridgehead atoms. The molecule has 4 nitrogen and oxygen atoms in total. The van der Waals surface area contributed by atoms with E-state index in [9.17, 15) is 4.79 Å². The van der Waals surface area contributed by atoms with E-state index in [0.29, 0.717) is 17.0 Å². The highest BCUT2D eigenvalue weighted by molar-refractivity contribution is 8.25. The zero-order valence-electron chi connectivity index (χ0n) is 11.1. The van der Waals surface area contributed by atoms with Crippen molar-refractivity contribution < 1.29 is 9.90 Å². The van der Waals surface area contributed by atoms with Crippen molar-refractivity contribution in [3.05, 3.63) is 45.4 Å². The molecule has 0 aliphatic heterocycles. The average molecular weight is 300 g/mol. The summed E-state index contributed by atoms with van der Waals surface area (Å²) in [5.74, 6) is -0.222. The normalized spacial score (nSPS) is 11.0. The Hall–Kier alpha value is -0.950. The molecule has 0 saturated carbocycles. The summed E-state index contributed by atoms with van der Waals surface area (Å²) in [5.41, 5.74) is 5.97. The van der Waals surface area contributed by atoms with E-state index >= 15 is 0 Å². The van der Waals surface area contributed by atoms with Gasteiger partial charge in [0.15, 0.2) is 0 Å². The summed E-state index contributed by atoms with van der Waals surface area (Å²) < 4.78 is 0.806. The first kappa shape index (κ1) is 18.0. The summed E-state index contributed by atoms with van der Waals surface area (Å²) in [6.07, 6.45) is 1.67. The van der Waals surface area contributed by atoms with Gasteiger partial charge in [-0.05, 0) is 17.9 Å². The van der Waals surface area contributed by atoms with Gasteiger partial charge in [0, 0.05) is 27.8 Å². The first-order valence-corrected chi connectivity index (χ1v) is 7.22. The Kier molecular flexibility index (Phi) is 9.42. The van der Waals surface area contributed by atoms with Crippen LogP contribution in [0.3, 0.4) is 0 Å². The number of hydrogen-bond acceptors (Lipinski definition) is 5. The largest absolute Gasteiger partial charge is 0.395 e. The third-order valence-electron chi connectivity index (χ3n) is 1.86. The van der Waals surface area contributed by atoms with Crippen LogP contribution in [-0.2, 0) is 4.79 Å². The van der Waals surface area contributed by atoms with Crippen molar-refractivity contribution in [2.24, 2.45) is 5.73 Å².